The van der Waals surface area contributed by atoms with Crippen molar-refractivity contribution in [1.82, 2.24) is 9.78 Å². The Morgan fingerprint density at radius 1 is 1.36 bits per heavy atom. The predicted molar refractivity (Wildman–Crippen MR) is 115 cm³/mol. The number of carbonyl (C=O) groups is 1. The van der Waals surface area contributed by atoms with Crippen molar-refractivity contribution in [3.05, 3.63) is 71.2 Å². The number of benzene rings is 1. The number of aliphatic carboxylic acids is 1. The first kappa shape index (κ1) is 23.2. The number of alkyl halides is 3. The summed E-state index contributed by atoms with van der Waals surface area (Å²) in [6.07, 6.45) is 11.1. The molecule has 10 heteroatoms. The highest BCUT2D eigenvalue weighted by molar-refractivity contribution is 6.17. The maximum Gasteiger partial charge on any atom is 0.490 e. The highest BCUT2D eigenvalue weighted by atomic mass is 19.4. The Morgan fingerprint density at radius 3 is 2.79 bits per heavy atom. The molecular formula is C23H16F3N5O2. The van der Waals surface area contributed by atoms with Crippen LogP contribution in [0.5, 0.6) is 0 Å². The van der Waals surface area contributed by atoms with E-state index in [-0.39, 0.29) is 6.04 Å². The molecule has 4 rings (SSSR count). The van der Waals surface area contributed by atoms with Gasteiger partial charge in [-0.1, -0.05) is 12.1 Å². The molecule has 0 radical (unpaired) electrons. The molecule has 1 aromatic heterocycles. The normalized spacial score (nSPS) is 15.0. The number of halogens is 3. The van der Waals surface area contributed by atoms with E-state index < -0.39 is 12.1 Å². The topological polar surface area (TPSA) is 104 Å². The van der Waals surface area contributed by atoms with Crippen molar-refractivity contribution in [1.29, 1.82) is 5.26 Å². The Morgan fingerprint density at radius 2 is 2.12 bits per heavy atom. The summed E-state index contributed by atoms with van der Waals surface area (Å²) in [5.41, 5.74) is 5.45. The van der Waals surface area contributed by atoms with E-state index in [2.05, 4.69) is 27.1 Å². The van der Waals surface area contributed by atoms with Gasteiger partial charge in [0.05, 0.1) is 35.3 Å². The Hall–Kier alpha value is -4.44. The SMILES string of the molecule is C#CCC(c1cccc(C#N)c1)n1cc(C2=C3C=CN=C3CC=N2)cn1.O=C(O)C(F)(F)F. The summed E-state index contributed by atoms with van der Waals surface area (Å²) < 4.78 is 33.6. The third-order valence-electron chi connectivity index (χ3n) is 4.69. The average Bonchev–Trinajstić information content (AvgIpc) is 3.47. The van der Waals surface area contributed by atoms with Crippen LogP contribution in [0.3, 0.4) is 0 Å². The molecule has 0 fully saturated rings. The van der Waals surface area contributed by atoms with Crippen molar-refractivity contribution in [2.45, 2.75) is 25.1 Å². The lowest BCUT2D eigenvalue weighted by Crippen LogP contribution is -2.21. The number of nitriles is 1. The molecule has 1 N–H and O–H groups in total. The first-order valence-corrected chi connectivity index (χ1v) is 9.53. The smallest absolute Gasteiger partial charge is 0.475 e. The van der Waals surface area contributed by atoms with E-state index in [0.29, 0.717) is 12.0 Å². The quantitative estimate of drug-likeness (QED) is 0.705. The van der Waals surface area contributed by atoms with Crippen LogP contribution >= 0.6 is 0 Å². The van der Waals surface area contributed by atoms with Gasteiger partial charge in [0.2, 0.25) is 0 Å². The first-order chi connectivity index (χ1) is 15.7. The van der Waals surface area contributed by atoms with E-state index in [1.807, 2.05) is 41.4 Å². The molecule has 7 nitrogen and oxygen atoms in total. The number of hydrogen-bond acceptors (Lipinski definition) is 5. The molecule has 1 unspecified atom stereocenters. The second kappa shape index (κ2) is 9.79. The molecule has 0 bridgehead atoms. The van der Waals surface area contributed by atoms with E-state index in [1.165, 1.54) is 0 Å². The molecule has 2 aliphatic rings. The van der Waals surface area contributed by atoms with Gasteiger partial charge in [-0.25, -0.2) is 4.79 Å². The number of carboxylic acids is 1. The molecule has 1 aromatic carbocycles. The van der Waals surface area contributed by atoms with Crippen LogP contribution in [-0.2, 0) is 4.79 Å². The fourth-order valence-electron chi connectivity index (χ4n) is 3.19. The lowest BCUT2D eigenvalue weighted by molar-refractivity contribution is -0.192. The Kier molecular flexibility index (Phi) is 6.89. The minimum Gasteiger partial charge on any atom is -0.475 e. The second-order valence-corrected chi connectivity index (χ2v) is 6.84. The van der Waals surface area contributed by atoms with Crippen LogP contribution in [-0.4, -0.2) is 39.0 Å². The highest BCUT2D eigenvalue weighted by Gasteiger charge is 2.38. The average molecular weight is 451 g/mol. The molecule has 0 aliphatic carbocycles. The second-order valence-electron chi connectivity index (χ2n) is 6.84. The number of aliphatic imine (C=N–C) groups is 2. The third-order valence-corrected chi connectivity index (χ3v) is 4.69. The molecule has 0 saturated heterocycles. The van der Waals surface area contributed by atoms with Gasteiger partial charge in [-0.15, -0.1) is 12.3 Å². The molecule has 0 amide bonds. The molecule has 166 valence electrons. The minimum absolute atomic E-state index is 0.132. The van der Waals surface area contributed by atoms with Crippen LogP contribution in [0, 0.1) is 23.7 Å². The Bertz CT molecular complexity index is 1270. The van der Waals surface area contributed by atoms with Crippen LogP contribution in [0.25, 0.3) is 5.70 Å². The molecule has 2 aromatic rings. The number of allylic oxidation sites excluding steroid dienone is 2. The number of rotatable bonds is 4. The maximum absolute atomic E-state index is 10.6. The number of terminal acetylenes is 1. The number of hydrogen-bond donors (Lipinski definition) is 1. The summed E-state index contributed by atoms with van der Waals surface area (Å²) in [5, 5.41) is 20.8. The minimum atomic E-state index is -5.08. The summed E-state index contributed by atoms with van der Waals surface area (Å²) in [6, 6.07) is 9.50. The van der Waals surface area contributed by atoms with Crippen molar-refractivity contribution in [2.75, 3.05) is 0 Å². The van der Waals surface area contributed by atoms with E-state index >= 15 is 0 Å². The largest absolute Gasteiger partial charge is 0.490 e. The summed E-state index contributed by atoms with van der Waals surface area (Å²) >= 11 is 0. The van der Waals surface area contributed by atoms with Gasteiger partial charge in [0, 0.05) is 42.6 Å². The van der Waals surface area contributed by atoms with Crippen molar-refractivity contribution in [2.24, 2.45) is 9.98 Å². The zero-order valence-electron chi connectivity index (χ0n) is 17.0. The van der Waals surface area contributed by atoms with Crippen LogP contribution < -0.4 is 0 Å². The zero-order valence-corrected chi connectivity index (χ0v) is 17.0. The first-order valence-electron chi connectivity index (χ1n) is 9.53. The van der Waals surface area contributed by atoms with Gasteiger partial charge in [0.1, 0.15) is 0 Å². The summed E-state index contributed by atoms with van der Waals surface area (Å²) in [7, 11) is 0. The Balaban J connectivity index is 0.000000383. The summed E-state index contributed by atoms with van der Waals surface area (Å²) in [4.78, 5) is 17.8. The van der Waals surface area contributed by atoms with Crippen molar-refractivity contribution < 1.29 is 23.1 Å². The maximum atomic E-state index is 10.6. The molecule has 0 saturated carbocycles. The highest BCUT2D eigenvalue weighted by Crippen LogP contribution is 2.30. The van der Waals surface area contributed by atoms with E-state index in [9.17, 15) is 13.2 Å². The van der Waals surface area contributed by atoms with Crippen LogP contribution in [0.4, 0.5) is 13.2 Å². The number of carboxylic acid groups (broad SMARTS) is 1. The van der Waals surface area contributed by atoms with Crippen molar-refractivity contribution in [3.63, 3.8) is 0 Å². The van der Waals surface area contributed by atoms with E-state index in [0.717, 1.165) is 34.5 Å². The molecule has 33 heavy (non-hydrogen) atoms. The van der Waals surface area contributed by atoms with Crippen LogP contribution in [0.2, 0.25) is 0 Å². The van der Waals surface area contributed by atoms with Crippen molar-refractivity contribution >= 4 is 23.6 Å². The van der Waals surface area contributed by atoms with Gasteiger partial charge in [0.25, 0.3) is 0 Å². The monoisotopic (exact) mass is 451 g/mol. The standard InChI is InChI=1S/C21H15N5.C2HF3O2/c1-2-4-20(16-6-3-5-15(11-16)12-22)26-14-17(13-25-26)21-18-7-9-23-19(18)8-10-24-21;3-2(4,5)1(6)7/h1,3,5-7,9-11,13-14,20H,4,8H2;(H,6,7). The lowest BCUT2D eigenvalue weighted by Gasteiger charge is -2.16. The zero-order chi connectivity index (χ0) is 24.0. The van der Waals surface area contributed by atoms with Crippen LogP contribution in [0.1, 0.15) is 35.6 Å². The number of nitrogens with zero attached hydrogens (tertiary/aromatic N) is 5. The van der Waals surface area contributed by atoms with E-state index in [4.69, 9.17) is 21.6 Å². The molecule has 2 aliphatic heterocycles. The van der Waals surface area contributed by atoms with Gasteiger partial charge in [0.15, 0.2) is 0 Å². The van der Waals surface area contributed by atoms with Crippen LogP contribution in [0.15, 0.2) is 64.5 Å². The fraction of sp³-hybridized carbons (Fsp3) is 0.174. The van der Waals surface area contributed by atoms with Gasteiger partial charge in [-0.3, -0.25) is 14.7 Å². The molecular weight excluding hydrogens is 435 g/mol. The molecule has 1 atom stereocenters. The van der Waals surface area contributed by atoms with Gasteiger partial charge < -0.3 is 5.11 Å². The summed E-state index contributed by atoms with van der Waals surface area (Å²) in [6.45, 7) is 0. The predicted octanol–water partition coefficient (Wildman–Crippen LogP) is 4.15. The lowest BCUT2D eigenvalue weighted by atomic mass is 10.0. The summed E-state index contributed by atoms with van der Waals surface area (Å²) in [5.74, 6) is -0.0445. The van der Waals surface area contributed by atoms with Crippen molar-refractivity contribution in [3.8, 4) is 18.4 Å². The Labute approximate surface area is 186 Å². The molecule has 3 heterocycles. The van der Waals surface area contributed by atoms with Gasteiger partial charge >= 0.3 is 12.1 Å². The number of aromatic nitrogens is 2. The van der Waals surface area contributed by atoms with E-state index in [1.54, 1.807) is 18.5 Å². The third kappa shape index (κ3) is 5.43. The van der Waals surface area contributed by atoms with Gasteiger partial charge in [-0.2, -0.15) is 23.5 Å². The fourth-order valence-corrected chi connectivity index (χ4v) is 3.19. The van der Waals surface area contributed by atoms with Gasteiger partial charge in [-0.05, 0) is 23.8 Å². The number of fused-ring (bicyclic) bond motifs is 1. The molecule has 0 spiro atoms.